The van der Waals surface area contributed by atoms with Gasteiger partial charge in [-0.2, -0.15) is 0 Å². The lowest BCUT2D eigenvalue weighted by atomic mass is 10.00. The van der Waals surface area contributed by atoms with Gasteiger partial charge in [-0.15, -0.1) is 0 Å². The summed E-state index contributed by atoms with van der Waals surface area (Å²) >= 11 is 0. The van der Waals surface area contributed by atoms with Crippen LogP contribution in [0.25, 0.3) is 0 Å². The van der Waals surface area contributed by atoms with Crippen molar-refractivity contribution in [2.45, 2.75) is 13.0 Å². The van der Waals surface area contributed by atoms with Gasteiger partial charge in [0.2, 0.25) is 10.0 Å². The minimum atomic E-state index is -3.14. The van der Waals surface area contributed by atoms with Crippen molar-refractivity contribution >= 4 is 10.0 Å². The molecule has 0 radical (unpaired) electrons. The lowest BCUT2D eigenvalue weighted by Crippen LogP contribution is -2.37. The molecule has 0 fully saturated rings. The molecule has 1 aromatic carbocycles. The maximum atomic E-state index is 11.7. The summed E-state index contributed by atoms with van der Waals surface area (Å²) < 4.78 is 24.7. The molecule has 0 amide bonds. The number of phenolic OH excluding ortho intramolecular Hbond substituents is 1. The largest absolute Gasteiger partial charge is 0.508 e. The SMILES string of the molecule is CN(C)S(=O)(=O)CCN1CCc2ccc(O)cc2C1. The van der Waals surface area contributed by atoms with Gasteiger partial charge in [-0.05, 0) is 29.7 Å². The van der Waals surface area contributed by atoms with Gasteiger partial charge in [-0.3, -0.25) is 4.90 Å². The van der Waals surface area contributed by atoms with Gasteiger partial charge >= 0.3 is 0 Å². The highest BCUT2D eigenvalue weighted by Crippen LogP contribution is 2.22. The van der Waals surface area contributed by atoms with E-state index in [1.807, 2.05) is 6.07 Å². The van der Waals surface area contributed by atoms with E-state index in [-0.39, 0.29) is 11.5 Å². The molecule has 0 unspecified atom stereocenters. The van der Waals surface area contributed by atoms with Gasteiger partial charge in [-0.1, -0.05) is 6.07 Å². The molecule has 1 N–H and O–H groups in total. The van der Waals surface area contributed by atoms with E-state index in [0.717, 1.165) is 18.5 Å². The van der Waals surface area contributed by atoms with Crippen molar-refractivity contribution < 1.29 is 13.5 Å². The molecule has 1 aromatic rings. The second-order valence-electron chi connectivity index (χ2n) is 5.08. The Morgan fingerprint density at radius 2 is 2.05 bits per heavy atom. The van der Waals surface area contributed by atoms with E-state index in [1.165, 1.54) is 9.87 Å². The summed E-state index contributed by atoms with van der Waals surface area (Å²) in [5.74, 6) is 0.398. The van der Waals surface area contributed by atoms with E-state index in [0.29, 0.717) is 13.1 Å². The van der Waals surface area contributed by atoms with Gasteiger partial charge in [0.05, 0.1) is 5.75 Å². The van der Waals surface area contributed by atoms with Crippen molar-refractivity contribution in [3.05, 3.63) is 29.3 Å². The number of hydrogen-bond donors (Lipinski definition) is 1. The first kappa shape index (κ1) is 14.3. The van der Waals surface area contributed by atoms with Crippen LogP contribution >= 0.6 is 0 Å². The lowest BCUT2D eigenvalue weighted by Gasteiger charge is -2.29. The molecule has 0 spiro atoms. The van der Waals surface area contributed by atoms with E-state index < -0.39 is 10.0 Å². The minimum Gasteiger partial charge on any atom is -0.508 e. The molecular weight excluding hydrogens is 264 g/mol. The van der Waals surface area contributed by atoms with Crippen LogP contribution in [-0.2, 0) is 23.0 Å². The predicted molar refractivity (Wildman–Crippen MR) is 74.6 cm³/mol. The van der Waals surface area contributed by atoms with Crippen molar-refractivity contribution in [3.63, 3.8) is 0 Å². The molecular formula is C13H20N2O3S. The van der Waals surface area contributed by atoms with Crippen molar-refractivity contribution in [1.29, 1.82) is 0 Å². The highest BCUT2D eigenvalue weighted by molar-refractivity contribution is 7.89. The molecule has 1 aliphatic heterocycles. The fourth-order valence-electron chi connectivity index (χ4n) is 2.22. The number of nitrogens with zero attached hydrogens (tertiary/aromatic N) is 2. The van der Waals surface area contributed by atoms with Crippen LogP contribution in [0.1, 0.15) is 11.1 Å². The normalized spacial score (nSPS) is 16.6. The zero-order valence-corrected chi connectivity index (χ0v) is 12.2. The molecule has 6 heteroatoms. The van der Waals surface area contributed by atoms with Crippen LogP contribution in [0.5, 0.6) is 5.75 Å². The summed E-state index contributed by atoms with van der Waals surface area (Å²) in [4.78, 5) is 2.11. The fourth-order valence-corrected chi connectivity index (χ4v) is 3.07. The van der Waals surface area contributed by atoms with E-state index in [9.17, 15) is 13.5 Å². The van der Waals surface area contributed by atoms with Gasteiger partial charge in [-0.25, -0.2) is 12.7 Å². The van der Waals surface area contributed by atoms with Gasteiger partial charge in [0, 0.05) is 33.7 Å². The van der Waals surface area contributed by atoms with E-state index in [2.05, 4.69) is 4.90 Å². The minimum absolute atomic E-state index is 0.133. The Balaban J connectivity index is 1.99. The van der Waals surface area contributed by atoms with Gasteiger partial charge in [0.25, 0.3) is 0 Å². The number of hydrogen-bond acceptors (Lipinski definition) is 4. The number of fused-ring (bicyclic) bond motifs is 1. The zero-order valence-electron chi connectivity index (χ0n) is 11.3. The summed E-state index contributed by atoms with van der Waals surface area (Å²) in [7, 11) is -0.0319. The molecule has 0 aromatic heterocycles. The summed E-state index contributed by atoms with van der Waals surface area (Å²) in [6.45, 7) is 2.09. The van der Waals surface area contributed by atoms with Crippen LogP contribution < -0.4 is 0 Å². The summed E-state index contributed by atoms with van der Waals surface area (Å²) in [6, 6.07) is 5.41. The van der Waals surface area contributed by atoms with E-state index >= 15 is 0 Å². The molecule has 19 heavy (non-hydrogen) atoms. The molecule has 0 atom stereocenters. The van der Waals surface area contributed by atoms with Crippen LogP contribution in [0.4, 0.5) is 0 Å². The molecule has 1 aliphatic rings. The Labute approximate surface area is 114 Å². The Kier molecular flexibility index (Phi) is 4.13. The van der Waals surface area contributed by atoms with Crippen molar-refractivity contribution in [2.75, 3.05) is 32.9 Å². The van der Waals surface area contributed by atoms with E-state index in [4.69, 9.17) is 0 Å². The molecule has 106 valence electrons. The Morgan fingerprint density at radius 1 is 1.32 bits per heavy atom. The average Bonchev–Trinajstić information content (AvgIpc) is 2.35. The summed E-state index contributed by atoms with van der Waals surface area (Å²) in [6.07, 6.45) is 0.900. The standard InChI is InChI=1S/C13H20N2O3S/c1-14(2)19(17,18)8-7-15-6-5-11-3-4-13(16)9-12(11)10-15/h3-4,9,16H,5-8,10H2,1-2H3. The number of benzene rings is 1. The maximum absolute atomic E-state index is 11.7. The molecule has 0 saturated heterocycles. The first-order valence-electron chi connectivity index (χ1n) is 6.32. The lowest BCUT2D eigenvalue weighted by molar-refractivity contribution is 0.267. The third-order valence-electron chi connectivity index (χ3n) is 3.50. The molecule has 0 aliphatic carbocycles. The molecule has 5 nitrogen and oxygen atoms in total. The molecule has 0 saturated carbocycles. The van der Waals surface area contributed by atoms with Crippen LogP contribution in [0, 0.1) is 0 Å². The fraction of sp³-hybridized carbons (Fsp3) is 0.538. The zero-order chi connectivity index (χ0) is 14.0. The van der Waals surface area contributed by atoms with Gasteiger partial charge < -0.3 is 5.11 Å². The van der Waals surface area contributed by atoms with Crippen molar-refractivity contribution in [3.8, 4) is 5.75 Å². The number of sulfonamides is 1. The number of aromatic hydroxyl groups is 1. The quantitative estimate of drug-likeness (QED) is 0.881. The number of phenols is 1. The highest BCUT2D eigenvalue weighted by Gasteiger charge is 2.20. The third-order valence-corrected chi connectivity index (χ3v) is 5.31. The predicted octanol–water partition coefficient (Wildman–Crippen LogP) is 0.642. The highest BCUT2D eigenvalue weighted by atomic mass is 32.2. The van der Waals surface area contributed by atoms with Gasteiger partial charge in [0.1, 0.15) is 5.75 Å². The Hall–Kier alpha value is -1.11. The average molecular weight is 284 g/mol. The first-order chi connectivity index (χ1) is 8.88. The summed E-state index contributed by atoms with van der Waals surface area (Å²) in [5.41, 5.74) is 2.33. The van der Waals surface area contributed by atoms with Crippen LogP contribution in [0.15, 0.2) is 18.2 Å². The van der Waals surface area contributed by atoms with Crippen molar-refractivity contribution in [1.82, 2.24) is 9.21 Å². The second-order valence-corrected chi connectivity index (χ2v) is 7.38. The monoisotopic (exact) mass is 284 g/mol. The van der Waals surface area contributed by atoms with E-state index in [1.54, 1.807) is 26.2 Å². The van der Waals surface area contributed by atoms with Crippen LogP contribution in [-0.4, -0.2) is 55.7 Å². The van der Waals surface area contributed by atoms with Crippen LogP contribution in [0.3, 0.4) is 0 Å². The number of rotatable bonds is 4. The van der Waals surface area contributed by atoms with Crippen LogP contribution in [0.2, 0.25) is 0 Å². The van der Waals surface area contributed by atoms with Crippen molar-refractivity contribution in [2.24, 2.45) is 0 Å². The smallest absolute Gasteiger partial charge is 0.214 e. The molecule has 0 bridgehead atoms. The maximum Gasteiger partial charge on any atom is 0.214 e. The molecule has 1 heterocycles. The van der Waals surface area contributed by atoms with Gasteiger partial charge in [0.15, 0.2) is 0 Å². The summed E-state index contributed by atoms with van der Waals surface area (Å²) in [5, 5.41) is 9.49. The molecule has 2 rings (SSSR count). The topological polar surface area (TPSA) is 60.9 Å². The Morgan fingerprint density at radius 3 is 2.74 bits per heavy atom. The third kappa shape index (κ3) is 3.46. The second kappa shape index (κ2) is 5.48. The Bertz CT molecular complexity index is 555. The first-order valence-corrected chi connectivity index (χ1v) is 7.93.